The van der Waals surface area contributed by atoms with Crippen LogP contribution in [0.15, 0.2) is 24.4 Å². The molecule has 0 atom stereocenters. The summed E-state index contributed by atoms with van der Waals surface area (Å²) in [5.41, 5.74) is 2.77. The molecule has 4 aromatic heterocycles. The van der Waals surface area contributed by atoms with E-state index in [2.05, 4.69) is 34.1 Å². The second kappa shape index (κ2) is 4.36. The van der Waals surface area contributed by atoms with Gasteiger partial charge in [-0.25, -0.2) is 4.98 Å². The molecule has 0 saturated carbocycles. The molecule has 6 nitrogen and oxygen atoms in total. The number of aryl methyl sites for hydroxylation is 1. The van der Waals surface area contributed by atoms with Gasteiger partial charge in [0, 0.05) is 12.1 Å². The first kappa shape index (κ1) is 12.5. The molecule has 0 bridgehead atoms. The second-order valence-corrected chi connectivity index (χ2v) is 6.28. The van der Waals surface area contributed by atoms with Crippen LogP contribution in [0.1, 0.15) is 30.5 Å². The lowest BCUT2D eigenvalue weighted by Crippen LogP contribution is -1.97. The number of hydrogen-bond donors (Lipinski definition) is 0. The van der Waals surface area contributed by atoms with E-state index in [1.54, 1.807) is 11.3 Å². The van der Waals surface area contributed by atoms with Crippen LogP contribution in [0.25, 0.3) is 22.1 Å². The molecule has 0 N–H and O–H groups in total. The molecule has 0 aliphatic carbocycles. The minimum absolute atomic E-state index is 0.382. The van der Waals surface area contributed by atoms with E-state index >= 15 is 0 Å². The quantitative estimate of drug-likeness (QED) is 0.571. The SMILES string of the molecule is Cc1nc2ccccn2c1-c1nnc2sc(C(C)C)nn12. The van der Waals surface area contributed by atoms with E-state index in [0.29, 0.717) is 5.92 Å². The van der Waals surface area contributed by atoms with Crippen molar-refractivity contribution < 1.29 is 0 Å². The summed E-state index contributed by atoms with van der Waals surface area (Å²) in [6, 6.07) is 5.94. The molecule has 0 fully saturated rings. The van der Waals surface area contributed by atoms with Gasteiger partial charge < -0.3 is 0 Å². The van der Waals surface area contributed by atoms with Gasteiger partial charge >= 0.3 is 0 Å². The van der Waals surface area contributed by atoms with Crippen LogP contribution in [0.3, 0.4) is 0 Å². The van der Waals surface area contributed by atoms with Gasteiger partial charge in [-0.1, -0.05) is 31.3 Å². The summed E-state index contributed by atoms with van der Waals surface area (Å²) in [7, 11) is 0. The minimum atomic E-state index is 0.382. The lowest BCUT2D eigenvalue weighted by Gasteiger charge is -2.00. The maximum atomic E-state index is 4.65. The van der Waals surface area contributed by atoms with E-state index in [4.69, 9.17) is 0 Å². The van der Waals surface area contributed by atoms with E-state index in [0.717, 1.165) is 32.8 Å². The second-order valence-electron chi connectivity index (χ2n) is 5.29. The summed E-state index contributed by atoms with van der Waals surface area (Å²) in [5, 5.41) is 14.3. The summed E-state index contributed by atoms with van der Waals surface area (Å²) in [4.78, 5) is 5.39. The summed E-state index contributed by atoms with van der Waals surface area (Å²) < 4.78 is 3.85. The number of imidazole rings is 1. The van der Waals surface area contributed by atoms with Gasteiger partial charge in [-0.15, -0.1) is 10.2 Å². The fraction of sp³-hybridized carbons (Fsp3) is 0.286. The minimum Gasteiger partial charge on any atom is -0.297 e. The maximum Gasteiger partial charge on any atom is 0.235 e. The number of rotatable bonds is 2. The Morgan fingerprint density at radius 2 is 2.05 bits per heavy atom. The summed E-state index contributed by atoms with van der Waals surface area (Å²) >= 11 is 1.58. The largest absolute Gasteiger partial charge is 0.297 e. The molecule has 0 radical (unpaired) electrons. The zero-order chi connectivity index (χ0) is 14.6. The van der Waals surface area contributed by atoms with Crippen LogP contribution in [-0.2, 0) is 0 Å². The van der Waals surface area contributed by atoms with E-state index in [-0.39, 0.29) is 0 Å². The fourth-order valence-corrected chi connectivity index (χ4v) is 3.24. The number of nitrogens with zero attached hydrogens (tertiary/aromatic N) is 6. The molecular weight excluding hydrogens is 284 g/mol. The van der Waals surface area contributed by atoms with Crippen LogP contribution in [0, 0.1) is 6.92 Å². The van der Waals surface area contributed by atoms with E-state index in [1.807, 2.05) is 40.2 Å². The van der Waals surface area contributed by atoms with Crippen molar-refractivity contribution >= 4 is 21.9 Å². The molecule has 0 aromatic carbocycles. The molecule has 21 heavy (non-hydrogen) atoms. The average molecular weight is 298 g/mol. The molecule has 0 aliphatic heterocycles. The average Bonchev–Trinajstić information content (AvgIpc) is 3.09. The van der Waals surface area contributed by atoms with Crippen molar-refractivity contribution in [2.24, 2.45) is 0 Å². The summed E-state index contributed by atoms with van der Waals surface area (Å²) in [6.45, 7) is 6.24. The van der Waals surface area contributed by atoms with Crippen LogP contribution in [-0.4, -0.2) is 29.2 Å². The van der Waals surface area contributed by atoms with Gasteiger partial charge in [0.05, 0.1) is 5.69 Å². The van der Waals surface area contributed by atoms with Crippen molar-refractivity contribution in [2.75, 3.05) is 0 Å². The Balaban J connectivity index is 2.02. The Morgan fingerprint density at radius 1 is 1.19 bits per heavy atom. The highest BCUT2D eigenvalue weighted by atomic mass is 32.1. The third kappa shape index (κ3) is 1.77. The third-order valence-corrected chi connectivity index (χ3v) is 4.62. The van der Waals surface area contributed by atoms with Crippen molar-refractivity contribution in [3.63, 3.8) is 0 Å². The van der Waals surface area contributed by atoms with Crippen molar-refractivity contribution in [1.29, 1.82) is 0 Å². The van der Waals surface area contributed by atoms with Crippen LogP contribution in [0.5, 0.6) is 0 Å². The highest BCUT2D eigenvalue weighted by molar-refractivity contribution is 7.16. The first-order valence-corrected chi connectivity index (χ1v) is 7.63. The molecule has 7 heteroatoms. The number of hydrogen-bond acceptors (Lipinski definition) is 5. The predicted octanol–water partition coefficient (Wildman–Crippen LogP) is 2.93. The lowest BCUT2D eigenvalue weighted by atomic mass is 10.2. The highest BCUT2D eigenvalue weighted by Gasteiger charge is 2.20. The molecule has 0 aliphatic rings. The van der Waals surface area contributed by atoms with Crippen molar-refractivity contribution in [3.05, 3.63) is 35.1 Å². The topological polar surface area (TPSA) is 60.4 Å². The maximum absolute atomic E-state index is 4.65. The smallest absolute Gasteiger partial charge is 0.235 e. The van der Waals surface area contributed by atoms with Crippen molar-refractivity contribution in [3.8, 4) is 11.5 Å². The summed E-state index contributed by atoms with van der Waals surface area (Å²) in [5.74, 6) is 1.12. The molecule has 0 saturated heterocycles. The zero-order valence-electron chi connectivity index (χ0n) is 12.0. The fourth-order valence-electron chi connectivity index (χ4n) is 2.40. The Morgan fingerprint density at radius 3 is 2.86 bits per heavy atom. The van der Waals surface area contributed by atoms with E-state index in [1.165, 1.54) is 0 Å². The first-order chi connectivity index (χ1) is 10.1. The van der Waals surface area contributed by atoms with Gasteiger partial charge in [-0.05, 0) is 19.1 Å². The highest BCUT2D eigenvalue weighted by Crippen LogP contribution is 2.27. The van der Waals surface area contributed by atoms with Gasteiger partial charge in [-0.3, -0.25) is 4.40 Å². The molecular formula is C14H14N6S. The lowest BCUT2D eigenvalue weighted by molar-refractivity contribution is 0.800. The third-order valence-electron chi connectivity index (χ3n) is 3.42. The van der Waals surface area contributed by atoms with E-state index in [9.17, 15) is 0 Å². The van der Waals surface area contributed by atoms with E-state index < -0.39 is 0 Å². The molecule has 0 amide bonds. The van der Waals surface area contributed by atoms with Crippen LogP contribution in [0.4, 0.5) is 0 Å². The number of fused-ring (bicyclic) bond motifs is 2. The molecule has 4 rings (SSSR count). The molecule has 0 unspecified atom stereocenters. The number of pyridine rings is 1. The van der Waals surface area contributed by atoms with Crippen LogP contribution >= 0.6 is 11.3 Å². The van der Waals surface area contributed by atoms with Crippen LogP contribution < -0.4 is 0 Å². The molecule has 4 aromatic rings. The first-order valence-electron chi connectivity index (χ1n) is 6.81. The Kier molecular flexibility index (Phi) is 2.58. The Bertz CT molecular complexity index is 945. The Hall–Kier alpha value is -2.28. The monoisotopic (exact) mass is 298 g/mol. The van der Waals surface area contributed by atoms with Crippen molar-refractivity contribution in [2.45, 2.75) is 26.7 Å². The van der Waals surface area contributed by atoms with Gasteiger partial charge in [0.1, 0.15) is 16.3 Å². The van der Waals surface area contributed by atoms with Crippen LogP contribution in [0.2, 0.25) is 0 Å². The van der Waals surface area contributed by atoms with Gasteiger partial charge in [0.2, 0.25) is 10.8 Å². The molecule has 4 heterocycles. The van der Waals surface area contributed by atoms with Gasteiger partial charge in [0.25, 0.3) is 0 Å². The number of aromatic nitrogens is 6. The zero-order valence-corrected chi connectivity index (χ0v) is 12.8. The van der Waals surface area contributed by atoms with Gasteiger partial charge in [-0.2, -0.15) is 9.61 Å². The van der Waals surface area contributed by atoms with Gasteiger partial charge in [0.15, 0.2) is 0 Å². The molecule has 0 spiro atoms. The molecule has 106 valence electrons. The summed E-state index contributed by atoms with van der Waals surface area (Å²) in [6.07, 6.45) is 1.99. The standard InChI is InChI=1S/C14H14N6S/c1-8(2)13-18-20-12(16-17-14(20)21-13)11-9(3)15-10-6-4-5-7-19(10)11/h4-8H,1-3H3. The predicted molar refractivity (Wildman–Crippen MR) is 81.7 cm³/mol. The Labute approximate surface area is 125 Å². The van der Waals surface area contributed by atoms with Crippen molar-refractivity contribution in [1.82, 2.24) is 29.2 Å². The normalized spacial score (nSPS) is 12.0.